The molecule has 0 spiro atoms. The lowest BCUT2D eigenvalue weighted by Gasteiger charge is -2.40. The van der Waals surface area contributed by atoms with Crippen molar-refractivity contribution in [3.05, 3.63) is 0 Å². The first-order valence-corrected chi connectivity index (χ1v) is 23.1. The largest absolute Gasteiger partial charge is 0.523 e. The van der Waals surface area contributed by atoms with Crippen LogP contribution in [0.1, 0.15) is 119 Å². The minimum atomic E-state index is -5.66. The summed E-state index contributed by atoms with van der Waals surface area (Å²) < 4.78 is 84.1. The predicted molar refractivity (Wildman–Crippen MR) is 170 cm³/mol. The molecule has 0 aliphatic carbocycles. The van der Waals surface area contributed by atoms with E-state index in [0.717, 1.165) is 64.2 Å². The third-order valence-corrected chi connectivity index (χ3v) is 19.4. The standard InChI is InChI=1S/C30H59F3O7SSi2/c1-28(2,3)42(7,8)39-24(23-37-41(35,36)30(31,32)33)19-17-15-13-11-12-14-16-18-20-26(25-21-22-27(34)38-25)40-43(9,10)29(4,5)6/h24-26H,11-23H2,1-10H3/t24-,25-,26-/m1/s1. The molecule has 0 unspecified atom stereocenters. The van der Waals surface area contributed by atoms with Gasteiger partial charge < -0.3 is 13.6 Å². The fourth-order valence-electron chi connectivity index (χ4n) is 4.46. The smallest absolute Gasteiger partial charge is 0.460 e. The van der Waals surface area contributed by atoms with Gasteiger partial charge >= 0.3 is 21.6 Å². The van der Waals surface area contributed by atoms with Crippen molar-refractivity contribution in [2.75, 3.05) is 6.61 Å². The van der Waals surface area contributed by atoms with Gasteiger partial charge in [0.2, 0.25) is 0 Å². The van der Waals surface area contributed by atoms with E-state index in [2.05, 4.69) is 38.0 Å². The summed E-state index contributed by atoms with van der Waals surface area (Å²) in [6.07, 6.45) is 9.53. The molecule has 1 fully saturated rings. The van der Waals surface area contributed by atoms with E-state index < -0.39 is 45.0 Å². The van der Waals surface area contributed by atoms with E-state index in [1.54, 1.807) is 0 Å². The molecule has 0 aromatic heterocycles. The Balaban J connectivity index is 2.46. The minimum absolute atomic E-state index is 0.0519. The molecule has 256 valence electrons. The third-order valence-electron chi connectivity index (χ3n) is 9.31. The van der Waals surface area contributed by atoms with Crippen molar-refractivity contribution in [1.29, 1.82) is 0 Å². The molecule has 0 aromatic carbocycles. The highest BCUT2D eigenvalue weighted by Crippen LogP contribution is 2.40. The Morgan fingerprint density at radius 2 is 1.23 bits per heavy atom. The number of hydrogen-bond acceptors (Lipinski definition) is 7. The molecule has 1 saturated heterocycles. The van der Waals surface area contributed by atoms with E-state index in [1.807, 2.05) is 33.9 Å². The summed E-state index contributed by atoms with van der Waals surface area (Å²) in [6.45, 7) is 20.5. The van der Waals surface area contributed by atoms with Gasteiger partial charge in [-0.05, 0) is 55.5 Å². The van der Waals surface area contributed by atoms with Crippen LogP contribution in [0, 0.1) is 0 Å². The average molecular weight is 677 g/mol. The number of unbranched alkanes of at least 4 members (excludes halogenated alkanes) is 7. The molecule has 0 radical (unpaired) electrons. The number of hydrogen-bond donors (Lipinski definition) is 0. The van der Waals surface area contributed by atoms with E-state index in [-0.39, 0.29) is 28.3 Å². The molecule has 1 heterocycles. The highest BCUT2D eigenvalue weighted by atomic mass is 32.2. The maximum absolute atomic E-state index is 12.8. The van der Waals surface area contributed by atoms with Gasteiger partial charge in [-0.1, -0.05) is 92.9 Å². The zero-order valence-corrected chi connectivity index (χ0v) is 31.1. The summed E-state index contributed by atoms with van der Waals surface area (Å²) in [5.41, 5.74) is -5.45. The number of carbonyl (C=O) groups is 1. The molecule has 0 amide bonds. The average Bonchev–Trinajstić information content (AvgIpc) is 3.26. The van der Waals surface area contributed by atoms with Crippen LogP contribution in [0.2, 0.25) is 36.3 Å². The predicted octanol–water partition coefficient (Wildman–Crippen LogP) is 9.24. The van der Waals surface area contributed by atoms with Crippen molar-refractivity contribution in [2.24, 2.45) is 0 Å². The highest BCUT2D eigenvalue weighted by Gasteiger charge is 2.48. The number of ether oxygens (including phenoxy) is 1. The Kier molecular flexibility index (Phi) is 15.4. The number of cyclic esters (lactones) is 1. The first-order valence-electron chi connectivity index (χ1n) is 15.9. The van der Waals surface area contributed by atoms with Crippen LogP contribution in [0.3, 0.4) is 0 Å². The van der Waals surface area contributed by atoms with E-state index in [1.165, 1.54) is 0 Å². The SMILES string of the molecule is CC(C)(C)[Si](C)(C)O[C@H](CCCCCCCCCC[C@@H](O[Si](C)(C)C(C)(C)C)[C@H]1CCC(=O)O1)COS(=O)(=O)C(F)(F)F. The molecule has 7 nitrogen and oxygen atoms in total. The molecule has 13 heteroatoms. The van der Waals surface area contributed by atoms with Gasteiger partial charge in [-0.15, -0.1) is 0 Å². The lowest BCUT2D eigenvalue weighted by molar-refractivity contribution is -0.145. The summed E-state index contributed by atoms with van der Waals surface area (Å²) in [4.78, 5) is 11.7. The summed E-state index contributed by atoms with van der Waals surface area (Å²) in [7, 11) is -9.98. The minimum Gasteiger partial charge on any atom is -0.460 e. The molecule has 1 rings (SSSR count). The van der Waals surface area contributed by atoms with E-state index in [4.69, 9.17) is 13.6 Å². The van der Waals surface area contributed by atoms with Crippen LogP contribution in [0.25, 0.3) is 0 Å². The Hall–Kier alpha value is -0.476. The molecular formula is C30H59F3O7SSi2. The van der Waals surface area contributed by atoms with Gasteiger partial charge in [0.05, 0.1) is 18.8 Å². The van der Waals surface area contributed by atoms with Crippen molar-refractivity contribution < 1.29 is 44.2 Å². The maximum Gasteiger partial charge on any atom is 0.523 e. The quantitative estimate of drug-likeness (QED) is 0.0443. The summed E-state index contributed by atoms with van der Waals surface area (Å²) in [5.74, 6) is -0.134. The molecule has 3 atom stereocenters. The van der Waals surface area contributed by atoms with Crippen LogP contribution in [0.15, 0.2) is 0 Å². The Bertz CT molecular complexity index is 958. The molecule has 1 aliphatic rings. The van der Waals surface area contributed by atoms with Crippen molar-refractivity contribution >= 4 is 32.7 Å². The van der Waals surface area contributed by atoms with Crippen molar-refractivity contribution in [3.8, 4) is 0 Å². The van der Waals surface area contributed by atoms with E-state index in [9.17, 15) is 26.4 Å². The second kappa shape index (κ2) is 16.4. The molecule has 0 aromatic rings. The van der Waals surface area contributed by atoms with Gasteiger partial charge in [0.15, 0.2) is 16.6 Å². The monoisotopic (exact) mass is 676 g/mol. The van der Waals surface area contributed by atoms with Crippen LogP contribution in [0.4, 0.5) is 13.2 Å². The summed E-state index contributed by atoms with van der Waals surface area (Å²) >= 11 is 0. The summed E-state index contributed by atoms with van der Waals surface area (Å²) in [6, 6.07) is 0. The maximum atomic E-state index is 12.8. The van der Waals surface area contributed by atoms with Crippen LogP contribution in [-0.4, -0.2) is 61.4 Å². The number of halogens is 3. The van der Waals surface area contributed by atoms with E-state index in [0.29, 0.717) is 12.8 Å². The first-order chi connectivity index (χ1) is 19.4. The Morgan fingerprint density at radius 1 is 0.791 bits per heavy atom. The van der Waals surface area contributed by atoms with Crippen molar-refractivity contribution in [2.45, 2.75) is 179 Å². The topological polar surface area (TPSA) is 88.1 Å². The lowest BCUT2D eigenvalue weighted by Crippen LogP contribution is -2.47. The van der Waals surface area contributed by atoms with Gasteiger partial charge in [-0.3, -0.25) is 8.98 Å². The third kappa shape index (κ3) is 13.8. The zero-order valence-electron chi connectivity index (χ0n) is 28.3. The Morgan fingerprint density at radius 3 is 1.65 bits per heavy atom. The Labute approximate surface area is 261 Å². The lowest BCUT2D eigenvalue weighted by atomic mass is 10.0. The fraction of sp³-hybridized carbons (Fsp3) is 0.967. The number of rotatable bonds is 19. The zero-order chi connectivity index (χ0) is 33.3. The number of esters is 1. The molecule has 0 saturated carbocycles. The van der Waals surface area contributed by atoms with Gasteiger partial charge in [-0.2, -0.15) is 21.6 Å². The van der Waals surface area contributed by atoms with Gasteiger partial charge in [0.1, 0.15) is 6.10 Å². The van der Waals surface area contributed by atoms with Crippen LogP contribution in [-0.2, 0) is 32.7 Å². The number of carbonyl (C=O) groups excluding carboxylic acids is 1. The molecule has 43 heavy (non-hydrogen) atoms. The first kappa shape index (κ1) is 40.5. The highest BCUT2D eigenvalue weighted by molar-refractivity contribution is 7.87. The molecule has 0 N–H and O–H groups in total. The second-order valence-electron chi connectivity index (χ2n) is 15.1. The summed E-state index contributed by atoms with van der Waals surface area (Å²) in [5, 5.41) is -0.0922. The van der Waals surface area contributed by atoms with Crippen molar-refractivity contribution in [1.82, 2.24) is 0 Å². The fourth-order valence-corrected chi connectivity index (χ4v) is 7.68. The van der Waals surface area contributed by atoms with Crippen LogP contribution >= 0.6 is 0 Å². The normalized spacial score (nSPS) is 19.0. The second-order valence-corrected chi connectivity index (χ2v) is 26.2. The number of alkyl halides is 3. The van der Waals surface area contributed by atoms with Gasteiger partial charge in [0, 0.05) is 6.42 Å². The van der Waals surface area contributed by atoms with E-state index >= 15 is 0 Å². The molecular weight excluding hydrogens is 618 g/mol. The van der Waals surface area contributed by atoms with Crippen LogP contribution < -0.4 is 0 Å². The molecule has 1 aliphatic heterocycles. The van der Waals surface area contributed by atoms with Crippen LogP contribution in [0.5, 0.6) is 0 Å². The van der Waals surface area contributed by atoms with Crippen molar-refractivity contribution in [3.63, 3.8) is 0 Å². The van der Waals surface area contributed by atoms with Gasteiger partial charge in [-0.25, -0.2) is 0 Å². The van der Waals surface area contributed by atoms with Gasteiger partial charge in [0.25, 0.3) is 0 Å². The molecule has 0 bridgehead atoms.